The summed E-state index contributed by atoms with van der Waals surface area (Å²) in [5, 5.41) is 4.36. The number of ether oxygens (including phenoxy) is 1. The molecule has 3 nitrogen and oxygen atoms in total. The molecule has 1 fully saturated rings. The minimum absolute atomic E-state index is 0.460. The first kappa shape index (κ1) is 8.50. The van der Waals surface area contributed by atoms with Gasteiger partial charge < -0.3 is 4.74 Å². The maximum absolute atomic E-state index is 5.38. The summed E-state index contributed by atoms with van der Waals surface area (Å²) in [5.41, 5.74) is 0. The Balaban J connectivity index is 2.08. The summed E-state index contributed by atoms with van der Waals surface area (Å²) in [6.45, 7) is 1.73. The molecule has 12 heavy (non-hydrogen) atoms. The van der Waals surface area contributed by atoms with E-state index in [9.17, 15) is 0 Å². The van der Waals surface area contributed by atoms with E-state index in [1.165, 1.54) is 6.42 Å². The second-order valence-corrected chi connectivity index (χ2v) is 4.09. The fraction of sp³-hybridized carbons (Fsp3) is 0.625. The molecular formula is C8H11IN2O. The Hall–Kier alpha value is -0.100. The van der Waals surface area contributed by atoms with Gasteiger partial charge in [-0.25, -0.2) is 0 Å². The molecule has 1 aromatic rings. The van der Waals surface area contributed by atoms with E-state index in [-0.39, 0.29) is 0 Å². The van der Waals surface area contributed by atoms with Crippen LogP contribution in [0.3, 0.4) is 0 Å². The van der Waals surface area contributed by atoms with Crippen LogP contribution in [0.1, 0.15) is 18.9 Å². The van der Waals surface area contributed by atoms with Crippen LogP contribution in [0.4, 0.5) is 0 Å². The second-order valence-electron chi connectivity index (χ2n) is 2.99. The molecule has 1 saturated heterocycles. The fourth-order valence-electron chi connectivity index (χ4n) is 1.45. The van der Waals surface area contributed by atoms with E-state index >= 15 is 0 Å². The third kappa shape index (κ3) is 1.80. The Labute approximate surface area is 85.2 Å². The molecule has 0 spiro atoms. The molecule has 1 aromatic heterocycles. The summed E-state index contributed by atoms with van der Waals surface area (Å²) in [5.74, 6) is 0. The van der Waals surface area contributed by atoms with Crippen molar-refractivity contribution < 1.29 is 4.74 Å². The van der Waals surface area contributed by atoms with Gasteiger partial charge in [-0.15, -0.1) is 0 Å². The number of halogens is 1. The van der Waals surface area contributed by atoms with Gasteiger partial charge in [0.05, 0.1) is 12.6 Å². The quantitative estimate of drug-likeness (QED) is 0.733. The van der Waals surface area contributed by atoms with Crippen molar-refractivity contribution in [2.24, 2.45) is 0 Å². The molecule has 0 radical (unpaired) electrons. The highest BCUT2D eigenvalue weighted by molar-refractivity contribution is 14.1. The van der Waals surface area contributed by atoms with Gasteiger partial charge in [0.25, 0.3) is 0 Å². The lowest BCUT2D eigenvalue weighted by Gasteiger charge is -2.22. The molecule has 2 rings (SSSR count). The van der Waals surface area contributed by atoms with E-state index in [0.717, 1.165) is 23.3 Å². The standard InChI is InChI=1S/C8H11IN2O/c9-8-3-4-11(10-8)7-2-1-5-12-6-7/h3-4,7H,1-2,5-6H2. The van der Waals surface area contributed by atoms with Crippen LogP contribution in [-0.2, 0) is 4.74 Å². The van der Waals surface area contributed by atoms with Gasteiger partial charge in [0.1, 0.15) is 3.70 Å². The third-order valence-corrected chi connectivity index (χ3v) is 2.66. The topological polar surface area (TPSA) is 27.1 Å². The molecule has 66 valence electrons. The molecule has 4 heteroatoms. The molecule has 0 bridgehead atoms. The highest BCUT2D eigenvalue weighted by atomic mass is 127. The molecule has 0 amide bonds. The molecule has 1 aliphatic heterocycles. The van der Waals surface area contributed by atoms with Crippen molar-refractivity contribution in [3.63, 3.8) is 0 Å². The van der Waals surface area contributed by atoms with E-state index in [2.05, 4.69) is 27.7 Å². The normalized spacial score (nSPS) is 24.2. The van der Waals surface area contributed by atoms with E-state index in [0.29, 0.717) is 6.04 Å². The van der Waals surface area contributed by atoms with Crippen LogP contribution in [0.2, 0.25) is 0 Å². The Morgan fingerprint density at radius 3 is 3.17 bits per heavy atom. The number of aromatic nitrogens is 2. The van der Waals surface area contributed by atoms with E-state index < -0.39 is 0 Å². The number of rotatable bonds is 1. The first-order chi connectivity index (χ1) is 5.86. The molecule has 0 saturated carbocycles. The Morgan fingerprint density at radius 1 is 1.67 bits per heavy atom. The molecule has 0 aromatic carbocycles. The first-order valence-electron chi connectivity index (χ1n) is 4.14. The minimum atomic E-state index is 0.460. The maximum atomic E-state index is 5.38. The zero-order valence-electron chi connectivity index (χ0n) is 6.74. The van der Waals surface area contributed by atoms with Gasteiger partial charge in [0, 0.05) is 12.8 Å². The third-order valence-electron chi connectivity index (χ3n) is 2.09. The van der Waals surface area contributed by atoms with Crippen LogP contribution < -0.4 is 0 Å². The van der Waals surface area contributed by atoms with Gasteiger partial charge in [-0.3, -0.25) is 4.68 Å². The van der Waals surface area contributed by atoms with Crippen LogP contribution in [0.25, 0.3) is 0 Å². The van der Waals surface area contributed by atoms with Gasteiger partial charge in [0.2, 0.25) is 0 Å². The molecular weight excluding hydrogens is 267 g/mol. The number of hydrogen-bond acceptors (Lipinski definition) is 2. The van der Waals surface area contributed by atoms with Gasteiger partial charge >= 0.3 is 0 Å². The predicted octanol–water partition coefficient (Wildman–Crippen LogP) is 1.84. The lowest BCUT2D eigenvalue weighted by atomic mass is 10.1. The summed E-state index contributed by atoms with van der Waals surface area (Å²) in [4.78, 5) is 0. The summed E-state index contributed by atoms with van der Waals surface area (Å²) in [6, 6.07) is 2.48. The fourth-order valence-corrected chi connectivity index (χ4v) is 1.86. The molecule has 1 aliphatic rings. The average Bonchev–Trinajstić information content (AvgIpc) is 2.54. The molecule has 1 unspecified atom stereocenters. The minimum Gasteiger partial charge on any atom is -0.379 e. The van der Waals surface area contributed by atoms with Crippen LogP contribution >= 0.6 is 22.6 Å². The zero-order valence-corrected chi connectivity index (χ0v) is 8.90. The van der Waals surface area contributed by atoms with Crippen molar-refractivity contribution in [2.45, 2.75) is 18.9 Å². The molecule has 1 atom stereocenters. The monoisotopic (exact) mass is 278 g/mol. The van der Waals surface area contributed by atoms with Crippen molar-refractivity contribution in [3.05, 3.63) is 16.0 Å². The van der Waals surface area contributed by atoms with Crippen molar-refractivity contribution in [1.82, 2.24) is 9.78 Å². The van der Waals surface area contributed by atoms with E-state index in [1.54, 1.807) is 0 Å². The maximum Gasteiger partial charge on any atom is 0.123 e. The second kappa shape index (κ2) is 3.74. The summed E-state index contributed by atoms with van der Waals surface area (Å²) < 4.78 is 8.45. The summed E-state index contributed by atoms with van der Waals surface area (Å²) in [6.07, 6.45) is 4.37. The van der Waals surface area contributed by atoms with Gasteiger partial charge in [-0.1, -0.05) is 0 Å². The lowest BCUT2D eigenvalue weighted by Crippen LogP contribution is -2.21. The zero-order chi connectivity index (χ0) is 8.39. The van der Waals surface area contributed by atoms with Crippen molar-refractivity contribution >= 4 is 22.6 Å². The molecule has 2 heterocycles. The van der Waals surface area contributed by atoms with Gasteiger partial charge in [0.15, 0.2) is 0 Å². The van der Waals surface area contributed by atoms with E-state index in [1.807, 2.05) is 16.9 Å². The van der Waals surface area contributed by atoms with Crippen molar-refractivity contribution in [2.75, 3.05) is 13.2 Å². The van der Waals surface area contributed by atoms with E-state index in [4.69, 9.17) is 4.74 Å². The first-order valence-corrected chi connectivity index (χ1v) is 5.22. The highest BCUT2D eigenvalue weighted by Crippen LogP contribution is 2.18. The van der Waals surface area contributed by atoms with Crippen LogP contribution in [0.5, 0.6) is 0 Å². The summed E-state index contributed by atoms with van der Waals surface area (Å²) >= 11 is 2.22. The average molecular weight is 278 g/mol. The van der Waals surface area contributed by atoms with Gasteiger partial charge in [-0.05, 0) is 41.5 Å². The Bertz CT molecular complexity index is 255. The van der Waals surface area contributed by atoms with Crippen molar-refractivity contribution in [3.8, 4) is 0 Å². The SMILES string of the molecule is Ic1ccn(C2CCCOC2)n1. The number of nitrogens with zero attached hydrogens (tertiary/aromatic N) is 2. The van der Waals surface area contributed by atoms with Gasteiger partial charge in [-0.2, -0.15) is 5.10 Å². The highest BCUT2D eigenvalue weighted by Gasteiger charge is 2.15. The molecule has 0 aliphatic carbocycles. The van der Waals surface area contributed by atoms with Crippen LogP contribution in [0.15, 0.2) is 12.3 Å². The van der Waals surface area contributed by atoms with Crippen LogP contribution in [-0.4, -0.2) is 23.0 Å². The number of hydrogen-bond donors (Lipinski definition) is 0. The van der Waals surface area contributed by atoms with Crippen LogP contribution in [0, 0.1) is 3.70 Å². The predicted molar refractivity (Wildman–Crippen MR) is 54.0 cm³/mol. The summed E-state index contributed by atoms with van der Waals surface area (Å²) in [7, 11) is 0. The largest absolute Gasteiger partial charge is 0.379 e. The lowest BCUT2D eigenvalue weighted by molar-refractivity contribution is 0.0548. The Morgan fingerprint density at radius 2 is 2.58 bits per heavy atom. The Kier molecular flexibility index (Phi) is 2.65. The smallest absolute Gasteiger partial charge is 0.123 e. The molecule has 0 N–H and O–H groups in total. The van der Waals surface area contributed by atoms with Crippen molar-refractivity contribution in [1.29, 1.82) is 0 Å².